The highest BCUT2D eigenvalue weighted by atomic mass is 16.6. The molecule has 5 heteroatoms. The minimum atomic E-state index is 0.342. The van der Waals surface area contributed by atoms with Gasteiger partial charge in [0.15, 0.2) is 0 Å². The fraction of sp³-hybridized carbons (Fsp3) is 0.467. The molecule has 108 valence electrons. The molecule has 1 aromatic carbocycles. The van der Waals surface area contributed by atoms with E-state index in [-0.39, 0.29) is 0 Å². The zero-order valence-corrected chi connectivity index (χ0v) is 12.4. The Labute approximate surface area is 119 Å². The van der Waals surface area contributed by atoms with Crippen molar-refractivity contribution in [2.24, 2.45) is 0 Å². The summed E-state index contributed by atoms with van der Waals surface area (Å²) in [5.41, 5.74) is 3.87. The molecule has 5 nitrogen and oxygen atoms in total. The van der Waals surface area contributed by atoms with Crippen LogP contribution in [0.5, 0.6) is 5.75 Å². The lowest BCUT2D eigenvalue weighted by Gasteiger charge is -2.15. The second-order valence-electron chi connectivity index (χ2n) is 4.89. The van der Waals surface area contributed by atoms with Crippen LogP contribution in [-0.4, -0.2) is 16.9 Å². The Morgan fingerprint density at radius 3 is 2.70 bits per heavy atom. The summed E-state index contributed by atoms with van der Waals surface area (Å²) in [6.45, 7) is 9.49. The second-order valence-corrected chi connectivity index (χ2v) is 4.89. The highest BCUT2D eigenvalue weighted by molar-refractivity contribution is 5.37. The molecule has 2 rings (SSSR count). The van der Waals surface area contributed by atoms with Gasteiger partial charge in [-0.3, -0.25) is 0 Å². The van der Waals surface area contributed by atoms with Gasteiger partial charge in [-0.25, -0.2) is 4.63 Å². The summed E-state index contributed by atoms with van der Waals surface area (Å²) in [6, 6.07) is 6.58. The fourth-order valence-corrected chi connectivity index (χ4v) is 2.05. The van der Waals surface area contributed by atoms with Crippen molar-refractivity contribution in [1.29, 1.82) is 0 Å². The Morgan fingerprint density at radius 2 is 2.10 bits per heavy atom. The third-order valence-electron chi connectivity index (χ3n) is 3.32. The van der Waals surface area contributed by atoms with Crippen LogP contribution in [0.25, 0.3) is 0 Å². The average Bonchev–Trinajstić information content (AvgIpc) is 2.83. The number of hydrogen-bond donors (Lipinski definition) is 1. The number of nitrogens with zero attached hydrogens (tertiary/aromatic N) is 2. The van der Waals surface area contributed by atoms with Crippen LogP contribution in [0.1, 0.15) is 42.4 Å². The maximum absolute atomic E-state index is 5.77. The molecule has 1 atom stereocenters. The van der Waals surface area contributed by atoms with E-state index in [1.165, 1.54) is 5.56 Å². The van der Waals surface area contributed by atoms with Crippen molar-refractivity contribution in [2.45, 2.75) is 40.3 Å². The van der Waals surface area contributed by atoms with Gasteiger partial charge in [-0.1, -0.05) is 29.4 Å². The summed E-state index contributed by atoms with van der Waals surface area (Å²) in [5.74, 6) is 0.861. The second kappa shape index (κ2) is 6.52. The molecule has 0 amide bonds. The first-order valence-electron chi connectivity index (χ1n) is 6.86. The van der Waals surface area contributed by atoms with Gasteiger partial charge in [0.1, 0.15) is 23.7 Å². The third-order valence-corrected chi connectivity index (χ3v) is 3.32. The van der Waals surface area contributed by atoms with Gasteiger partial charge >= 0.3 is 0 Å². The van der Waals surface area contributed by atoms with Crippen LogP contribution in [0.15, 0.2) is 22.8 Å². The van der Waals surface area contributed by atoms with E-state index in [4.69, 9.17) is 4.74 Å². The van der Waals surface area contributed by atoms with Crippen LogP contribution in [0.2, 0.25) is 0 Å². The van der Waals surface area contributed by atoms with Crippen LogP contribution < -0.4 is 10.1 Å². The van der Waals surface area contributed by atoms with E-state index in [1.54, 1.807) is 0 Å². The van der Waals surface area contributed by atoms with E-state index in [9.17, 15) is 0 Å². The average molecular weight is 275 g/mol. The molecule has 0 spiro atoms. The molecule has 1 N–H and O–H groups in total. The molecule has 0 saturated heterocycles. The molecule has 0 aliphatic rings. The topological polar surface area (TPSA) is 60.2 Å². The minimum Gasteiger partial charge on any atom is -0.487 e. The van der Waals surface area contributed by atoms with Gasteiger partial charge in [0.25, 0.3) is 0 Å². The van der Waals surface area contributed by atoms with Crippen molar-refractivity contribution in [3.05, 3.63) is 40.7 Å². The largest absolute Gasteiger partial charge is 0.487 e. The molecule has 0 radical (unpaired) electrons. The first-order chi connectivity index (χ1) is 9.61. The fourth-order valence-electron chi connectivity index (χ4n) is 2.05. The Kier molecular flexibility index (Phi) is 4.74. The predicted molar refractivity (Wildman–Crippen MR) is 76.6 cm³/mol. The van der Waals surface area contributed by atoms with Crippen molar-refractivity contribution in [2.75, 3.05) is 6.54 Å². The summed E-state index contributed by atoms with van der Waals surface area (Å²) >= 11 is 0. The van der Waals surface area contributed by atoms with Crippen LogP contribution in [0.4, 0.5) is 0 Å². The van der Waals surface area contributed by atoms with Gasteiger partial charge in [-0.05, 0) is 44.5 Å². The summed E-state index contributed by atoms with van der Waals surface area (Å²) < 4.78 is 10.4. The smallest absolute Gasteiger partial charge is 0.145 e. The molecular formula is C15H21N3O2. The molecule has 0 bridgehead atoms. The van der Waals surface area contributed by atoms with E-state index >= 15 is 0 Å². The molecule has 0 aliphatic carbocycles. The summed E-state index contributed by atoms with van der Waals surface area (Å²) in [4.78, 5) is 0. The highest BCUT2D eigenvalue weighted by Crippen LogP contribution is 2.23. The number of hydrogen-bond acceptors (Lipinski definition) is 5. The molecule has 1 aromatic heterocycles. The van der Waals surface area contributed by atoms with E-state index in [2.05, 4.69) is 46.2 Å². The van der Waals surface area contributed by atoms with E-state index < -0.39 is 0 Å². The molecule has 1 unspecified atom stereocenters. The van der Waals surface area contributed by atoms with Crippen molar-refractivity contribution >= 4 is 0 Å². The van der Waals surface area contributed by atoms with E-state index in [0.29, 0.717) is 12.6 Å². The SMILES string of the molecule is CCNC(C)c1ccc(OCc2nonc2C)c(C)c1. The van der Waals surface area contributed by atoms with Crippen LogP contribution in [0.3, 0.4) is 0 Å². The first-order valence-corrected chi connectivity index (χ1v) is 6.86. The monoisotopic (exact) mass is 275 g/mol. The number of rotatable bonds is 6. The molecule has 2 aromatic rings. The minimum absolute atomic E-state index is 0.342. The molecule has 0 aliphatic heterocycles. The maximum atomic E-state index is 5.77. The third kappa shape index (κ3) is 3.36. The Morgan fingerprint density at radius 1 is 1.30 bits per heavy atom. The molecule has 20 heavy (non-hydrogen) atoms. The Bertz CT molecular complexity index is 566. The standard InChI is InChI=1S/C15H21N3O2/c1-5-16-11(3)13-6-7-15(10(2)8-13)19-9-14-12(4)17-20-18-14/h6-8,11,16H,5,9H2,1-4H3. The first kappa shape index (κ1) is 14.5. The normalized spacial score (nSPS) is 12.4. The highest BCUT2D eigenvalue weighted by Gasteiger charge is 2.09. The lowest BCUT2D eigenvalue weighted by Crippen LogP contribution is -2.17. The Balaban J connectivity index is 2.04. The van der Waals surface area contributed by atoms with Gasteiger partial charge < -0.3 is 10.1 Å². The number of aryl methyl sites for hydroxylation is 2. The van der Waals surface area contributed by atoms with Crippen LogP contribution >= 0.6 is 0 Å². The molecule has 0 saturated carbocycles. The number of nitrogens with one attached hydrogen (secondary N) is 1. The van der Waals surface area contributed by atoms with Gasteiger partial charge in [0.2, 0.25) is 0 Å². The van der Waals surface area contributed by atoms with Crippen molar-refractivity contribution in [1.82, 2.24) is 15.6 Å². The number of aromatic nitrogens is 2. The Hall–Kier alpha value is -1.88. The van der Waals surface area contributed by atoms with E-state index in [0.717, 1.165) is 29.2 Å². The number of ether oxygens (including phenoxy) is 1. The van der Waals surface area contributed by atoms with Crippen LogP contribution in [-0.2, 0) is 6.61 Å². The summed E-state index contributed by atoms with van der Waals surface area (Å²) in [7, 11) is 0. The van der Waals surface area contributed by atoms with Crippen molar-refractivity contribution in [3.63, 3.8) is 0 Å². The predicted octanol–water partition coefficient (Wildman–Crippen LogP) is 2.94. The quantitative estimate of drug-likeness (QED) is 0.878. The maximum Gasteiger partial charge on any atom is 0.145 e. The van der Waals surface area contributed by atoms with Gasteiger partial charge in [-0.15, -0.1) is 0 Å². The molecule has 0 fully saturated rings. The summed E-state index contributed by atoms with van der Waals surface area (Å²) in [5, 5.41) is 10.9. The molecular weight excluding hydrogens is 254 g/mol. The lowest BCUT2D eigenvalue weighted by molar-refractivity contribution is 0.269. The lowest BCUT2D eigenvalue weighted by atomic mass is 10.1. The molecule has 1 heterocycles. The zero-order valence-electron chi connectivity index (χ0n) is 12.4. The zero-order chi connectivity index (χ0) is 14.5. The van der Waals surface area contributed by atoms with E-state index in [1.807, 2.05) is 19.9 Å². The number of benzene rings is 1. The van der Waals surface area contributed by atoms with Crippen LogP contribution in [0, 0.1) is 13.8 Å². The summed E-state index contributed by atoms with van der Waals surface area (Å²) in [6.07, 6.45) is 0. The van der Waals surface area contributed by atoms with Gasteiger partial charge in [0, 0.05) is 6.04 Å². The van der Waals surface area contributed by atoms with Crippen molar-refractivity contribution < 1.29 is 9.37 Å². The van der Waals surface area contributed by atoms with Gasteiger partial charge in [0.05, 0.1) is 0 Å². The van der Waals surface area contributed by atoms with Crippen molar-refractivity contribution in [3.8, 4) is 5.75 Å². The van der Waals surface area contributed by atoms with Gasteiger partial charge in [-0.2, -0.15) is 0 Å².